The number of amides is 2. The van der Waals surface area contributed by atoms with Crippen LogP contribution in [0.25, 0.3) is 11.4 Å². The third-order valence-corrected chi connectivity index (χ3v) is 4.84. The van der Waals surface area contributed by atoms with E-state index in [1.165, 1.54) is 0 Å². The molecule has 28 heavy (non-hydrogen) atoms. The van der Waals surface area contributed by atoms with E-state index in [0.29, 0.717) is 30.0 Å². The number of rotatable bonds is 4. The summed E-state index contributed by atoms with van der Waals surface area (Å²) >= 11 is 0. The molecular weight excluding hydrogens is 356 g/mol. The molecule has 1 aliphatic heterocycles. The average Bonchev–Trinajstić information content (AvgIpc) is 3.33. The first kappa shape index (κ1) is 17.8. The molecule has 0 fully saturated rings. The second-order valence-electron chi connectivity index (χ2n) is 6.65. The van der Waals surface area contributed by atoms with E-state index in [0.717, 1.165) is 23.2 Å². The van der Waals surface area contributed by atoms with Gasteiger partial charge in [0.1, 0.15) is 0 Å². The summed E-state index contributed by atoms with van der Waals surface area (Å²) in [4.78, 5) is 26.5. The zero-order valence-electron chi connectivity index (χ0n) is 15.7. The lowest BCUT2D eigenvalue weighted by Gasteiger charge is -2.16. The van der Waals surface area contributed by atoms with Gasteiger partial charge in [-0.1, -0.05) is 19.1 Å². The smallest absolute Gasteiger partial charge is 0.255 e. The number of benzene rings is 2. The minimum atomic E-state index is -0.198. The molecule has 2 heterocycles. The zero-order valence-corrected chi connectivity index (χ0v) is 15.7. The molecule has 4 rings (SSSR count). The Hall–Kier alpha value is -3.55. The Kier molecular flexibility index (Phi) is 4.60. The van der Waals surface area contributed by atoms with Gasteiger partial charge < -0.3 is 10.2 Å². The molecule has 1 N–H and O–H groups in total. The predicted octanol–water partition coefficient (Wildman–Crippen LogP) is 2.43. The molecule has 8 heteroatoms. The van der Waals surface area contributed by atoms with Crippen molar-refractivity contribution in [3.63, 3.8) is 0 Å². The van der Waals surface area contributed by atoms with Crippen LogP contribution in [0.1, 0.15) is 29.3 Å². The normalized spacial score (nSPS) is 12.7. The van der Waals surface area contributed by atoms with E-state index in [2.05, 4.69) is 20.8 Å². The standard InChI is InChI=1S/C20H20N6O2/c1-3-18(27)26-10-9-13-11-15(7-8-17(13)26)20(28)21-16-6-4-5-14(12-16)19-22-23-24-25(19)2/h4-8,11-12H,3,9-10H2,1-2H3,(H,21,28). The molecule has 0 saturated carbocycles. The van der Waals surface area contributed by atoms with E-state index in [4.69, 9.17) is 0 Å². The number of nitrogens with zero attached hydrogens (tertiary/aromatic N) is 5. The fraction of sp³-hybridized carbons (Fsp3) is 0.250. The maximum absolute atomic E-state index is 12.7. The lowest BCUT2D eigenvalue weighted by Crippen LogP contribution is -2.27. The highest BCUT2D eigenvalue weighted by Crippen LogP contribution is 2.30. The van der Waals surface area contributed by atoms with Crippen molar-refractivity contribution < 1.29 is 9.59 Å². The Bertz CT molecular complexity index is 1060. The molecule has 0 unspecified atom stereocenters. The van der Waals surface area contributed by atoms with Crippen LogP contribution in [0.4, 0.5) is 11.4 Å². The molecule has 2 aromatic carbocycles. The molecule has 8 nitrogen and oxygen atoms in total. The van der Waals surface area contributed by atoms with Crippen LogP contribution >= 0.6 is 0 Å². The highest BCUT2D eigenvalue weighted by Gasteiger charge is 2.24. The van der Waals surface area contributed by atoms with Crippen molar-refractivity contribution in [3.8, 4) is 11.4 Å². The number of aromatic nitrogens is 4. The first-order valence-electron chi connectivity index (χ1n) is 9.14. The van der Waals surface area contributed by atoms with E-state index in [1.54, 1.807) is 22.7 Å². The summed E-state index contributed by atoms with van der Waals surface area (Å²) in [6.45, 7) is 2.52. The number of hydrogen-bond donors (Lipinski definition) is 1. The SMILES string of the molecule is CCC(=O)N1CCc2cc(C(=O)Nc3cccc(-c4nnnn4C)c3)ccc21. The molecule has 142 valence electrons. The Morgan fingerprint density at radius 1 is 1.18 bits per heavy atom. The Labute approximate surface area is 162 Å². The first-order valence-corrected chi connectivity index (χ1v) is 9.14. The average molecular weight is 376 g/mol. The highest BCUT2D eigenvalue weighted by molar-refractivity contribution is 6.05. The van der Waals surface area contributed by atoms with Gasteiger partial charge in [0.25, 0.3) is 5.91 Å². The summed E-state index contributed by atoms with van der Waals surface area (Å²) in [5, 5.41) is 14.4. The number of hydrogen-bond acceptors (Lipinski definition) is 5. The van der Waals surface area contributed by atoms with Crippen molar-refractivity contribution in [3.05, 3.63) is 53.6 Å². The number of carbonyl (C=O) groups excluding carboxylic acids is 2. The monoisotopic (exact) mass is 376 g/mol. The van der Waals surface area contributed by atoms with E-state index in [9.17, 15) is 9.59 Å². The van der Waals surface area contributed by atoms with Gasteiger partial charge in [-0.3, -0.25) is 9.59 Å². The number of nitrogens with one attached hydrogen (secondary N) is 1. The molecule has 2 amide bonds. The lowest BCUT2D eigenvalue weighted by molar-refractivity contribution is -0.118. The van der Waals surface area contributed by atoms with Gasteiger partial charge in [0.2, 0.25) is 5.91 Å². The van der Waals surface area contributed by atoms with Gasteiger partial charge in [0.05, 0.1) is 0 Å². The largest absolute Gasteiger partial charge is 0.322 e. The van der Waals surface area contributed by atoms with E-state index in [-0.39, 0.29) is 11.8 Å². The Morgan fingerprint density at radius 3 is 2.79 bits per heavy atom. The first-order chi connectivity index (χ1) is 13.6. The number of anilines is 2. The highest BCUT2D eigenvalue weighted by atomic mass is 16.2. The summed E-state index contributed by atoms with van der Waals surface area (Å²) in [6, 6.07) is 12.9. The van der Waals surface area contributed by atoms with Gasteiger partial charge in [0.15, 0.2) is 5.82 Å². The van der Waals surface area contributed by atoms with Crippen LogP contribution < -0.4 is 10.2 Å². The minimum absolute atomic E-state index is 0.103. The van der Waals surface area contributed by atoms with Crippen molar-refractivity contribution in [1.82, 2.24) is 20.2 Å². The van der Waals surface area contributed by atoms with Crippen molar-refractivity contribution in [2.45, 2.75) is 19.8 Å². The van der Waals surface area contributed by atoms with Crippen LogP contribution in [0.2, 0.25) is 0 Å². The van der Waals surface area contributed by atoms with Gasteiger partial charge in [-0.05, 0) is 52.7 Å². The fourth-order valence-corrected chi connectivity index (χ4v) is 3.41. The van der Waals surface area contributed by atoms with Crippen LogP contribution in [0, 0.1) is 0 Å². The van der Waals surface area contributed by atoms with Crippen molar-refractivity contribution in [2.24, 2.45) is 7.05 Å². The van der Waals surface area contributed by atoms with Crippen LogP contribution in [-0.4, -0.2) is 38.6 Å². The van der Waals surface area contributed by atoms with E-state index in [1.807, 2.05) is 43.3 Å². The fourth-order valence-electron chi connectivity index (χ4n) is 3.41. The number of aryl methyl sites for hydroxylation is 1. The molecule has 0 atom stereocenters. The molecule has 0 spiro atoms. The molecule has 0 radical (unpaired) electrons. The predicted molar refractivity (Wildman–Crippen MR) is 105 cm³/mol. The molecule has 0 aliphatic carbocycles. The summed E-state index contributed by atoms with van der Waals surface area (Å²) in [6.07, 6.45) is 1.23. The van der Waals surface area contributed by atoms with Gasteiger partial charge >= 0.3 is 0 Å². The number of carbonyl (C=O) groups is 2. The van der Waals surface area contributed by atoms with Crippen molar-refractivity contribution in [1.29, 1.82) is 0 Å². The maximum atomic E-state index is 12.7. The molecule has 0 saturated heterocycles. The molecule has 0 bridgehead atoms. The zero-order chi connectivity index (χ0) is 19.7. The second kappa shape index (κ2) is 7.22. The van der Waals surface area contributed by atoms with E-state index < -0.39 is 0 Å². The Balaban J connectivity index is 1.54. The molecule has 1 aliphatic rings. The van der Waals surface area contributed by atoms with Crippen LogP contribution in [0.5, 0.6) is 0 Å². The van der Waals surface area contributed by atoms with Crippen LogP contribution in [0.3, 0.4) is 0 Å². The van der Waals surface area contributed by atoms with Crippen molar-refractivity contribution >= 4 is 23.2 Å². The third kappa shape index (κ3) is 3.24. The third-order valence-electron chi connectivity index (χ3n) is 4.84. The summed E-state index contributed by atoms with van der Waals surface area (Å²) in [5.41, 5.74) is 3.96. The van der Waals surface area contributed by atoms with E-state index >= 15 is 0 Å². The van der Waals surface area contributed by atoms with Gasteiger partial charge in [-0.15, -0.1) is 5.10 Å². The molecule has 3 aromatic rings. The number of fused-ring (bicyclic) bond motifs is 1. The maximum Gasteiger partial charge on any atom is 0.255 e. The molecular formula is C20H20N6O2. The quantitative estimate of drug-likeness (QED) is 0.755. The summed E-state index contributed by atoms with van der Waals surface area (Å²) < 4.78 is 1.57. The van der Waals surface area contributed by atoms with Crippen molar-refractivity contribution in [2.75, 3.05) is 16.8 Å². The minimum Gasteiger partial charge on any atom is -0.322 e. The van der Waals surface area contributed by atoms with Crippen LogP contribution in [-0.2, 0) is 18.3 Å². The lowest BCUT2D eigenvalue weighted by atomic mass is 10.1. The van der Waals surface area contributed by atoms with Crippen LogP contribution in [0.15, 0.2) is 42.5 Å². The topological polar surface area (TPSA) is 93.0 Å². The van der Waals surface area contributed by atoms with Gasteiger partial charge in [-0.25, -0.2) is 4.68 Å². The number of tetrazole rings is 1. The Morgan fingerprint density at radius 2 is 2.04 bits per heavy atom. The second-order valence-corrected chi connectivity index (χ2v) is 6.65. The summed E-state index contributed by atoms with van der Waals surface area (Å²) in [7, 11) is 1.76. The molecule has 1 aromatic heterocycles. The summed E-state index contributed by atoms with van der Waals surface area (Å²) in [5.74, 6) is 0.525. The van der Waals surface area contributed by atoms with Gasteiger partial charge in [0, 0.05) is 42.5 Å². The van der Waals surface area contributed by atoms with Gasteiger partial charge in [-0.2, -0.15) is 0 Å².